The van der Waals surface area contributed by atoms with E-state index in [2.05, 4.69) is 4.98 Å². The van der Waals surface area contributed by atoms with Gasteiger partial charge in [-0.25, -0.2) is 4.79 Å². The molecular weight excluding hydrogens is 413 g/mol. The minimum Gasteiger partial charge on any atom is -0.545 e. The summed E-state index contributed by atoms with van der Waals surface area (Å²) in [5.41, 5.74) is 0.511. The predicted octanol–water partition coefficient (Wildman–Crippen LogP) is -1.32. The Kier molecular flexibility index (Phi) is 6.62. The summed E-state index contributed by atoms with van der Waals surface area (Å²) in [6.45, 7) is 2.31. The molecule has 4 rings (SSSR count). The van der Waals surface area contributed by atoms with Gasteiger partial charge in [0.2, 0.25) is 0 Å². The van der Waals surface area contributed by atoms with Crippen LogP contribution in [0.4, 0.5) is 0 Å². The van der Waals surface area contributed by atoms with Crippen LogP contribution in [0.2, 0.25) is 0 Å². The second kappa shape index (κ2) is 8.85. The number of carbonyl (C=O) groups is 1. The predicted molar refractivity (Wildman–Crippen MR) is 110 cm³/mol. The zero-order valence-electron chi connectivity index (χ0n) is 17.0. The topological polar surface area (TPSA) is 97.0 Å². The molecule has 0 saturated heterocycles. The Labute approximate surface area is 197 Å². The van der Waals surface area contributed by atoms with Crippen molar-refractivity contribution in [2.45, 2.75) is 26.3 Å². The van der Waals surface area contributed by atoms with Crippen molar-refractivity contribution in [3.05, 3.63) is 73.4 Å². The van der Waals surface area contributed by atoms with Crippen LogP contribution in [0.5, 0.6) is 0 Å². The van der Waals surface area contributed by atoms with Gasteiger partial charge < -0.3 is 9.90 Å². The van der Waals surface area contributed by atoms with Crippen LogP contribution in [0.25, 0.3) is 21.1 Å². The number of para-hydroxylation sites is 1. The minimum absolute atomic E-state index is 0. The molecular formula is C21H18N3NaO4S. The first-order chi connectivity index (χ1) is 13.9. The number of hydrogen-bond acceptors (Lipinski definition) is 6. The molecule has 7 nitrogen and oxygen atoms in total. The average molecular weight is 431 g/mol. The Balaban J connectivity index is 0.00000256. The summed E-state index contributed by atoms with van der Waals surface area (Å²) in [5, 5.41) is 13.0. The van der Waals surface area contributed by atoms with Crippen molar-refractivity contribution >= 4 is 38.4 Å². The van der Waals surface area contributed by atoms with Crippen molar-refractivity contribution in [1.29, 1.82) is 0 Å². The molecule has 4 aromatic rings. The SMILES string of the molecule is CCCn1c(=O)n(C)c(=O)c2c(C(=O)[O-])c(Cc3ccnc4ccccc34)sc21.[Na+]. The maximum atomic E-state index is 12.8. The fourth-order valence-electron chi connectivity index (χ4n) is 3.62. The summed E-state index contributed by atoms with van der Waals surface area (Å²) in [5.74, 6) is -1.41. The van der Waals surface area contributed by atoms with E-state index in [0.29, 0.717) is 29.1 Å². The zero-order valence-corrected chi connectivity index (χ0v) is 19.8. The van der Waals surface area contributed by atoms with Crippen molar-refractivity contribution in [1.82, 2.24) is 14.1 Å². The van der Waals surface area contributed by atoms with Gasteiger partial charge in [0.25, 0.3) is 5.56 Å². The number of carbonyl (C=O) groups excluding carboxylic acids is 1. The van der Waals surface area contributed by atoms with Gasteiger partial charge in [-0.15, -0.1) is 11.3 Å². The van der Waals surface area contributed by atoms with Crippen LogP contribution in [0.15, 0.2) is 46.1 Å². The summed E-state index contributed by atoms with van der Waals surface area (Å²) < 4.78 is 2.44. The molecule has 0 aliphatic heterocycles. The first kappa shape index (κ1) is 22.4. The summed E-state index contributed by atoms with van der Waals surface area (Å²) in [4.78, 5) is 42.6. The standard InChI is InChI=1S/C21H19N3O4S.Na/c1-3-10-24-19-17(18(25)23(2)21(24)28)16(20(26)27)15(29-19)11-12-8-9-22-14-7-5-4-6-13(12)14;/h4-9H,3,10-11H2,1-2H3,(H,26,27);/q;+1/p-1. The van der Waals surface area contributed by atoms with Gasteiger partial charge in [0.05, 0.1) is 16.9 Å². The minimum atomic E-state index is -1.41. The molecule has 0 aliphatic rings. The van der Waals surface area contributed by atoms with E-state index in [9.17, 15) is 19.5 Å². The van der Waals surface area contributed by atoms with Gasteiger partial charge in [-0.05, 0) is 24.1 Å². The quantitative estimate of drug-likeness (QED) is 0.365. The van der Waals surface area contributed by atoms with Crippen molar-refractivity contribution < 1.29 is 39.5 Å². The number of pyridine rings is 1. The van der Waals surface area contributed by atoms with Gasteiger partial charge in [0.15, 0.2) is 0 Å². The van der Waals surface area contributed by atoms with Crippen molar-refractivity contribution in [3.8, 4) is 0 Å². The van der Waals surface area contributed by atoms with Gasteiger partial charge in [-0.3, -0.25) is 18.9 Å². The van der Waals surface area contributed by atoms with E-state index >= 15 is 0 Å². The van der Waals surface area contributed by atoms with Crippen molar-refractivity contribution in [2.75, 3.05) is 0 Å². The van der Waals surface area contributed by atoms with E-state index in [1.54, 1.807) is 6.20 Å². The number of carboxylic acid groups (broad SMARTS) is 1. The van der Waals surface area contributed by atoms with Crippen molar-refractivity contribution in [3.63, 3.8) is 0 Å². The van der Waals surface area contributed by atoms with Crippen LogP contribution in [-0.4, -0.2) is 20.1 Å². The second-order valence-electron chi connectivity index (χ2n) is 6.83. The zero-order chi connectivity index (χ0) is 20.7. The summed E-state index contributed by atoms with van der Waals surface area (Å²) >= 11 is 1.17. The molecule has 0 aliphatic carbocycles. The monoisotopic (exact) mass is 431 g/mol. The fraction of sp³-hybridized carbons (Fsp3) is 0.238. The molecule has 0 radical (unpaired) electrons. The number of aromatic nitrogens is 3. The number of aromatic carboxylic acids is 1. The third-order valence-corrected chi connectivity index (χ3v) is 6.20. The van der Waals surface area contributed by atoms with Gasteiger partial charge >= 0.3 is 35.2 Å². The van der Waals surface area contributed by atoms with Gasteiger partial charge in [0.1, 0.15) is 4.83 Å². The molecule has 30 heavy (non-hydrogen) atoms. The molecule has 1 aromatic carbocycles. The number of hydrogen-bond donors (Lipinski definition) is 0. The van der Waals surface area contributed by atoms with Gasteiger partial charge in [0, 0.05) is 42.0 Å². The number of thiophene rings is 1. The van der Waals surface area contributed by atoms with Crippen LogP contribution in [0, 0.1) is 0 Å². The first-order valence-corrected chi connectivity index (χ1v) is 10.0. The molecule has 0 fully saturated rings. The summed E-state index contributed by atoms with van der Waals surface area (Å²) in [6.07, 6.45) is 2.65. The fourth-order valence-corrected chi connectivity index (χ4v) is 4.94. The van der Waals surface area contributed by atoms with Crippen LogP contribution in [-0.2, 0) is 20.0 Å². The normalized spacial score (nSPS) is 11.0. The Morgan fingerprint density at radius 3 is 2.63 bits per heavy atom. The second-order valence-corrected chi connectivity index (χ2v) is 7.91. The van der Waals surface area contributed by atoms with Crippen LogP contribution < -0.4 is 45.9 Å². The van der Waals surface area contributed by atoms with E-state index in [1.165, 1.54) is 23.0 Å². The summed E-state index contributed by atoms with van der Waals surface area (Å²) in [7, 11) is 1.36. The van der Waals surface area contributed by atoms with E-state index < -0.39 is 17.2 Å². The molecule has 3 aromatic heterocycles. The van der Waals surface area contributed by atoms with E-state index in [4.69, 9.17) is 0 Å². The molecule has 3 heterocycles. The average Bonchev–Trinajstić information content (AvgIpc) is 3.09. The van der Waals surface area contributed by atoms with E-state index in [0.717, 1.165) is 21.0 Å². The largest absolute Gasteiger partial charge is 1.00 e. The number of aryl methyl sites for hydroxylation is 1. The number of carboxylic acids is 1. The summed E-state index contributed by atoms with van der Waals surface area (Å²) in [6, 6.07) is 9.43. The molecule has 0 atom stereocenters. The first-order valence-electron chi connectivity index (χ1n) is 9.23. The molecule has 0 amide bonds. The van der Waals surface area contributed by atoms with Crippen LogP contribution in [0.3, 0.4) is 0 Å². The molecule has 0 saturated carbocycles. The third-order valence-electron chi connectivity index (χ3n) is 4.99. The smallest absolute Gasteiger partial charge is 0.545 e. The van der Waals surface area contributed by atoms with E-state index in [-0.39, 0.29) is 40.5 Å². The van der Waals surface area contributed by atoms with Crippen LogP contribution >= 0.6 is 11.3 Å². The molecule has 0 unspecified atom stereocenters. The third kappa shape index (κ3) is 3.65. The Morgan fingerprint density at radius 1 is 1.20 bits per heavy atom. The molecule has 0 bridgehead atoms. The van der Waals surface area contributed by atoms with Crippen molar-refractivity contribution in [2.24, 2.45) is 7.05 Å². The Bertz CT molecular complexity index is 1380. The van der Waals surface area contributed by atoms with Gasteiger partial charge in [-0.1, -0.05) is 25.1 Å². The Hall–Kier alpha value is -2.26. The molecule has 9 heteroatoms. The number of nitrogens with zero attached hydrogens (tertiary/aromatic N) is 3. The molecule has 0 N–H and O–H groups in total. The maximum absolute atomic E-state index is 12.8. The Morgan fingerprint density at radius 2 is 1.93 bits per heavy atom. The van der Waals surface area contributed by atoms with Crippen LogP contribution in [0.1, 0.15) is 34.1 Å². The van der Waals surface area contributed by atoms with E-state index in [1.807, 2.05) is 37.3 Å². The molecule has 148 valence electrons. The molecule has 0 spiro atoms. The number of fused-ring (bicyclic) bond motifs is 2. The number of benzene rings is 1. The number of rotatable bonds is 5. The van der Waals surface area contributed by atoms with Gasteiger partial charge in [-0.2, -0.15) is 0 Å². The maximum Gasteiger partial charge on any atom is 1.00 e.